The number of hydrogen-bond acceptors (Lipinski definition) is 4. The second kappa shape index (κ2) is 6.37. The summed E-state index contributed by atoms with van der Waals surface area (Å²) < 4.78 is 21.5. The summed E-state index contributed by atoms with van der Waals surface area (Å²) in [7, 11) is 3.38. The second-order valence-corrected chi connectivity index (χ2v) is 5.44. The van der Waals surface area contributed by atoms with E-state index in [0.29, 0.717) is 19.8 Å². The highest BCUT2D eigenvalue weighted by Crippen LogP contribution is 2.28. The highest BCUT2D eigenvalue weighted by molar-refractivity contribution is 5.34. The lowest BCUT2D eigenvalue weighted by atomic mass is 9.90. The first-order valence-electron chi connectivity index (χ1n) is 6.46. The van der Waals surface area contributed by atoms with E-state index in [4.69, 9.17) is 18.9 Å². The van der Waals surface area contributed by atoms with Gasteiger partial charge in [-0.05, 0) is 23.3 Å². The molecule has 0 aliphatic carbocycles. The lowest BCUT2D eigenvalue weighted by molar-refractivity contribution is -0.120. The summed E-state index contributed by atoms with van der Waals surface area (Å²) in [4.78, 5) is 0. The molecule has 0 unspecified atom stereocenters. The maximum atomic E-state index is 5.90. The molecule has 106 valence electrons. The first kappa shape index (κ1) is 14.3. The Morgan fingerprint density at radius 1 is 1.05 bits per heavy atom. The molecule has 0 aromatic heterocycles. The number of benzene rings is 1. The van der Waals surface area contributed by atoms with Crippen molar-refractivity contribution in [3.05, 3.63) is 29.3 Å². The van der Waals surface area contributed by atoms with E-state index >= 15 is 0 Å². The van der Waals surface area contributed by atoms with Crippen molar-refractivity contribution in [1.29, 1.82) is 0 Å². The lowest BCUT2D eigenvalue weighted by Gasteiger charge is -2.37. The van der Waals surface area contributed by atoms with Gasteiger partial charge < -0.3 is 18.9 Å². The summed E-state index contributed by atoms with van der Waals surface area (Å²) in [5.41, 5.74) is 2.35. The van der Waals surface area contributed by atoms with Crippen LogP contribution in [0.25, 0.3) is 0 Å². The van der Waals surface area contributed by atoms with Crippen molar-refractivity contribution in [2.75, 3.05) is 34.0 Å². The van der Waals surface area contributed by atoms with Crippen molar-refractivity contribution in [3.63, 3.8) is 0 Å². The van der Waals surface area contributed by atoms with Crippen LogP contribution in [0.1, 0.15) is 18.1 Å². The van der Waals surface area contributed by atoms with Crippen molar-refractivity contribution in [1.82, 2.24) is 0 Å². The molecule has 1 aromatic carbocycles. The third-order valence-corrected chi connectivity index (χ3v) is 3.14. The maximum absolute atomic E-state index is 5.90. The molecular formula is C15H22O4. The van der Waals surface area contributed by atoms with Crippen LogP contribution in [0.2, 0.25) is 0 Å². The Labute approximate surface area is 114 Å². The third kappa shape index (κ3) is 3.93. The number of methoxy groups -OCH3 is 2. The Morgan fingerprint density at radius 2 is 1.63 bits per heavy atom. The summed E-state index contributed by atoms with van der Waals surface area (Å²) in [6.45, 7) is 5.55. The zero-order chi connectivity index (χ0) is 13.7. The largest absolute Gasteiger partial charge is 0.493 e. The van der Waals surface area contributed by atoms with E-state index < -0.39 is 0 Å². The molecule has 0 amide bonds. The van der Waals surface area contributed by atoms with Crippen molar-refractivity contribution >= 4 is 0 Å². The zero-order valence-electron chi connectivity index (χ0n) is 11.9. The minimum Gasteiger partial charge on any atom is -0.493 e. The molecule has 1 aliphatic rings. The van der Waals surface area contributed by atoms with Gasteiger partial charge >= 0.3 is 0 Å². The van der Waals surface area contributed by atoms with Gasteiger partial charge in [0.1, 0.15) is 5.75 Å². The van der Waals surface area contributed by atoms with E-state index in [1.165, 1.54) is 0 Å². The molecule has 1 aromatic rings. The van der Waals surface area contributed by atoms with Gasteiger partial charge in [0.15, 0.2) is 0 Å². The quantitative estimate of drug-likeness (QED) is 0.759. The minimum atomic E-state index is 0.151. The van der Waals surface area contributed by atoms with Gasteiger partial charge in [0.05, 0.1) is 33.0 Å². The average Bonchev–Trinajstić information content (AvgIpc) is 2.35. The summed E-state index contributed by atoms with van der Waals surface area (Å²) in [6.07, 6.45) is 0. The molecule has 1 fully saturated rings. The topological polar surface area (TPSA) is 36.9 Å². The van der Waals surface area contributed by atoms with Gasteiger partial charge in [-0.2, -0.15) is 0 Å². The van der Waals surface area contributed by atoms with Gasteiger partial charge in [0.25, 0.3) is 0 Å². The van der Waals surface area contributed by atoms with Gasteiger partial charge in [0, 0.05) is 19.6 Å². The van der Waals surface area contributed by atoms with E-state index in [9.17, 15) is 0 Å². The average molecular weight is 266 g/mol. The van der Waals surface area contributed by atoms with E-state index in [2.05, 4.69) is 13.0 Å². The van der Waals surface area contributed by atoms with Crippen LogP contribution in [0.15, 0.2) is 18.2 Å². The van der Waals surface area contributed by atoms with Crippen molar-refractivity contribution in [2.45, 2.75) is 20.1 Å². The Bertz CT molecular complexity index is 388. The van der Waals surface area contributed by atoms with Crippen molar-refractivity contribution in [2.24, 2.45) is 5.41 Å². The predicted octanol–water partition coefficient (Wildman–Crippen LogP) is 2.39. The Hall–Kier alpha value is -1.10. The molecule has 0 bridgehead atoms. The molecule has 4 heteroatoms. The van der Waals surface area contributed by atoms with Gasteiger partial charge in [0.2, 0.25) is 0 Å². The molecular weight excluding hydrogens is 244 g/mol. The summed E-state index contributed by atoms with van der Waals surface area (Å²) in [5.74, 6) is 0.870. The van der Waals surface area contributed by atoms with E-state index in [1.54, 1.807) is 14.2 Å². The SMILES string of the molecule is COCc1cc(COC)cc(OCC2(C)COC2)c1. The monoisotopic (exact) mass is 266 g/mol. The lowest BCUT2D eigenvalue weighted by Crippen LogP contribution is -2.44. The first-order chi connectivity index (χ1) is 9.15. The fraction of sp³-hybridized carbons (Fsp3) is 0.600. The maximum Gasteiger partial charge on any atom is 0.120 e. The highest BCUT2D eigenvalue weighted by atomic mass is 16.5. The number of ether oxygens (including phenoxy) is 4. The van der Waals surface area contributed by atoms with Gasteiger partial charge in [-0.3, -0.25) is 0 Å². The molecule has 1 aliphatic heterocycles. The molecule has 1 saturated heterocycles. The van der Waals surface area contributed by atoms with Gasteiger partial charge in [-0.1, -0.05) is 13.0 Å². The van der Waals surface area contributed by atoms with Crippen molar-refractivity contribution in [3.8, 4) is 5.75 Å². The molecule has 2 rings (SSSR count). The number of rotatable bonds is 7. The predicted molar refractivity (Wildman–Crippen MR) is 72.3 cm³/mol. The Kier molecular flexibility index (Phi) is 4.80. The van der Waals surface area contributed by atoms with E-state index in [0.717, 1.165) is 30.1 Å². The molecule has 1 heterocycles. The molecule has 4 nitrogen and oxygen atoms in total. The van der Waals surface area contributed by atoms with Crippen molar-refractivity contribution < 1.29 is 18.9 Å². The van der Waals surface area contributed by atoms with Gasteiger partial charge in [-0.25, -0.2) is 0 Å². The summed E-state index contributed by atoms with van der Waals surface area (Å²) in [5, 5.41) is 0. The fourth-order valence-electron chi connectivity index (χ4n) is 2.10. The Balaban J connectivity index is 2.04. The molecule has 0 saturated carbocycles. The minimum absolute atomic E-state index is 0.151. The van der Waals surface area contributed by atoms with Crippen LogP contribution in [0.4, 0.5) is 0 Å². The van der Waals surface area contributed by atoms with Gasteiger partial charge in [-0.15, -0.1) is 0 Å². The Morgan fingerprint density at radius 3 is 2.05 bits per heavy atom. The van der Waals surface area contributed by atoms with Crippen LogP contribution in [-0.4, -0.2) is 34.0 Å². The normalized spacial score (nSPS) is 17.0. The van der Waals surface area contributed by atoms with E-state index in [-0.39, 0.29) is 5.41 Å². The smallest absolute Gasteiger partial charge is 0.120 e. The molecule has 19 heavy (non-hydrogen) atoms. The third-order valence-electron chi connectivity index (χ3n) is 3.14. The van der Waals surface area contributed by atoms with Crippen LogP contribution in [0.3, 0.4) is 0 Å². The summed E-state index contributed by atoms with van der Waals surface area (Å²) in [6, 6.07) is 6.12. The van der Waals surface area contributed by atoms with Crippen LogP contribution in [-0.2, 0) is 27.4 Å². The summed E-state index contributed by atoms with van der Waals surface area (Å²) >= 11 is 0. The number of hydrogen-bond donors (Lipinski definition) is 0. The second-order valence-electron chi connectivity index (χ2n) is 5.44. The fourth-order valence-corrected chi connectivity index (χ4v) is 2.10. The standard InChI is InChI=1S/C15H22O4/c1-15(9-18-10-15)11-19-14-5-12(7-16-2)4-13(6-14)8-17-3/h4-6H,7-11H2,1-3H3. The molecule has 0 spiro atoms. The van der Waals surface area contributed by atoms with Crippen LogP contribution >= 0.6 is 0 Å². The highest BCUT2D eigenvalue weighted by Gasteiger charge is 2.34. The van der Waals surface area contributed by atoms with E-state index in [1.807, 2.05) is 12.1 Å². The molecule has 0 N–H and O–H groups in total. The zero-order valence-corrected chi connectivity index (χ0v) is 11.9. The first-order valence-corrected chi connectivity index (χ1v) is 6.46. The van der Waals surface area contributed by atoms with Crippen LogP contribution in [0.5, 0.6) is 5.75 Å². The molecule has 0 radical (unpaired) electrons. The van der Waals surface area contributed by atoms with Crippen LogP contribution in [0, 0.1) is 5.41 Å². The molecule has 0 atom stereocenters. The van der Waals surface area contributed by atoms with Crippen LogP contribution < -0.4 is 4.74 Å².